The van der Waals surface area contributed by atoms with Crippen LogP contribution in [0.5, 0.6) is 0 Å². The highest BCUT2D eigenvalue weighted by Crippen LogP contribution is 2.41. The van der Waals surface area contributed by atoms with Gasteiger partial charge in [-0.05, 0) is 31.1 Å². The molecular weight excluding hydrogens is 379 g/mol. The van der Waals surface area contributed by atoms with Gasteiger partial charge in [-0.25, -0.2) is 4.99 Å². The van der Waals surface area contributed by atoms with Crippen LogP contribution in [0.2, 0.25) is 0 Å². The van der Waals surface area contributed by atoms with E-state index < -0.39 is 0 Å². The van der Waals surface area contributed by atoms with Crippen molar-refractivity contribution in [3.63, 3.8) is 0 Å². The summed E-state index contributed by atoms with van der Waals surface area (Å²) in [6.45, 7) is 6.73. The summed E-state index contributed by atoms with van der Waals surface area (Å²) < 4.78 is 0. The fraction of sp³-hybridized carbons (Fsp3) is 0.733. The number of likely N-dealkylation sites (tertiary alicyclic amines) is 1. The molecule has 0 radical (unpaired) electrons. The van der Waals surface area contributed by atoms with E-state index in [1.54, 1.807) is 19.0 Å². The maximum Gasteiger partial charge on any atom is 0.243 e. The predicted octanol–water partition coefficient (Wildman–Crippen LogP) is 1.56. The molecule has 1 atom stereocenters. The lowest BCUT2D eigenvalue weighted by Crippen LogP contribution is -2.41. The lowest BCUT2D eigenvalue weighted by molar-refractivity contribution is -0.127. The smallest absolute Gasteiger partial charge is 0.243 e. The van der Waals surface area contributed by atoms with E-state index in [2.05, 4.69) is 21.8 Å². The van der Waals surface area contributed by atoms with Crippen molar-refractivity contribution in [3.05, 3.63) is 12.7 Å². The molecule has 0 bridgehead atoms. The molecule has 1 heterocycles. The van der Waals surface area contributed by atoms with E-state index in [9.17, 15) is 4.79 Å². The average Bonchev–Trinajstić information content (AvgIpc) is 3.17. The topological polar surface area (TPSA) is 47.9 Å². The minimum Gasteiger partial charge on any atom is -0.353 e. The number of nitrogens with zero attached hydrogens (tertiary/aromatic N) is 3. The maximum atomic E-state index is 11.7. The minimum atomic E-state index is 0. The Bertz CT molecular complexity index is 393. The number of carbonyl (C=O) groups excluding carboxylic acids is 1. The van der Waals surface area contributed by atoms with Crippen molar-refractivity contribution >= 4 is 35.8 Å². The Morgan fingerprint density at radius 1 is 1.38 bits per heavy atom. The lowest BCUT2D eigenvalue weighted by Gasteiger charge is -2.22. The first-order chi connectivity index (χ1) is 9.61. The number of hydrogen-bond donors (Lipinski definition) is 1. The van der Waals surface area contributed by atoms with Crippen molar-refractivity contribution in [1.29, 1.82) is 0 Å². The van der Waals surface area contributed by atoms with Gasteiger partial charge in [0.25, 0.3) is 0 Å². The van der Waals surface area contributed by atoms with Crippen molar-refractivity contribution < 1.29 is 4.79 Å². The highest BCUT2D eigenvalue weighted by molar-refractivity contribution is 14.0. The fourth-order valence-electron chi connectivity index (χ4n) is 2.65. The van der Waals surface area contributed by atoms with Crippen molar-refractivity contribution in [3.8, 4) is 0 Å². The van der Waals surface area contributed by atoms with Gasteiger partial charge in [-0.3, -0.25) is 4.79 Å². The summed E-state index contributed by atoms with van der Waals surface area (Å²) >= 11 is 0. The third kappa shape index (κ3) is 5.48. The van der Waals surface area contributed by atoms with E-state index in [4.69, 9.17) is 0 Å². The van der Waals surface area contributed by atoms with Crippen LogP contribution < -0.4 is 5.32 Å². The molecule has 1 unspecified atom stereocenters. The largest absolute Gasteiger partial charge is 0.353 e. The molecule has 21 heavy (non-hydrogen) atoms. The molecule has 1 saturated carbocycles. The molecule has 0 spiro atoms. The Labute approximate surface area is 144 Å². The highest BCUT2D eigenvalue weighted by Gasteiger charge is 2.36. The van der Waals surface area contributed by atoms with Crippen molar-refractivity contribution in [2.45, 2.75) is 19.3 Å². The van der Waals surface area contributed by atoms with E-state index in [0.717, 1.165) is 30.9 Å². The van der Waals surface area contributed by atoms with Crippen LogP contribution in [0.1, 0.15) is 19.3 Å². The first kappa shape index (κ1) is 18.3. The van der Waals surface area contributed by atoms with Gasteiger partial charge in [0.1, 0.15) is 6.54 Å². The molecule has 2 aliphatic rings. The maximum absolute atomic E-state index is 11.7. The molecule has 1 aliphatic carbocycles. The highest BCUT2D eigenvalue weighted by atomic mass is 127. The van der Waals surface area contributed by atoms with E-state index in [0.29, 0.717) is 6.54 Å². The Hall–Kier alpha value is -0.790. The number of aliphatic imine (C=N–C) groups is 1. The monoisotopic (exact) mass is 406 g/mol. The van der Waals surface area contributed by atoms with E-state index in [1.807, 2.05) is 6.08 Å². The Morgan fingerprint density at radius 2 is 2.10 bits per heavy atom. The Balaban J connectivity index is 0.00000220. The summed E-state index contributed by atoms with van der Waals surface area (Å²) in [5.74, 6) is 2.63. The number of amides is 1. The van der Waals surface area contributed by atoms with E-state index >= 15 is 0 Å². The summed E-state index contributed by atoms with van der Waals surface area (Å²) in [5.41, 5.74) is 0. The van der Waals surface area contributed by atoms with Gasteiger partial charge in [0.05, 0.1) is 0 Å². The molecule has 1 saturated heterocycles. The van der Waals surface area contributed by atoms with E-state index in [-0.39, 0.29) is 36.4 Å². The summed E-state index contributed by atoms with van der Waals surface area (Å²) in [5, 5.41) is 3.27. The normalized spacial score (nSPS) is 21.7. The van der Waals surface area contributed by atoms with Gasteiger partial charge in [-0.1, -0.05) is 6.08 Å². The molecule has 1 amide bonds. The number of nitrogens with one attached hydrogen (secondary N) is 1. The fourth-order valence-corrected chi connectivity index (χ4v) is 2.65. The molecular formula is C15H27IN4O. The Kier molecular flexibility index (Phi) is 7.48. The third-order valence-corrected chi connectivity index (χ3v) is 4.08. The molecule has 1 N–H and O–H groups in total. The number of carbonyl (C=O) groups is 1. The van der Waals surface area contributed by atoms with Crippen LogP contribution in [0.15, 0.2) is 17.6 Å². The van der Waals surface area contributed by atoms with Crippen LogP contribution in [0.4, 0.5) is 0 Å². The first-order valence-corrected chi connectivity index (χ1v) is 7.46. The van der Waals surface area contributed by atoms with Crippen LogP contribution >= 0.6 is 24.0 Å². The van der Waals surface area contributed by atoms with Gasteiger partial charge in [-0.2, -0.15) is 0 Å². The number of hydrogen-bond acceptors (Lipinski definition) is 2. The second kappa shape index (κ2) is 8.60. The quantitative estimate of drug-likeness (QED) is 0.326. The van der Waals surface area contributed by atoms with Crippen LogP contribution in [0.3, 0.4) is 0 Å². The van der Waals surface area contributed by atoms with Crippen LogP contribution in [-0.4, -0.2) is 61.9 Å². The second-order valence-electron chi connectivity index (χ2n) is 5.93. The van der Waals surface area contributed by atoms with Gasteiger partial charge >= 0.3 is 0 Å². The summed E-state index contributed by atoms with van der Waals surface area (Å²) in [6.07, 6.45) is 5.85. The molecule has 0 aromatic carbocycles. The van der Waals surface area contributed by atoms with Crippen molar-refractivity contribution in [2.24, 2.45) is 16.8 Å². The number of halogens is 1. The molecule has 5 nitrogen and oxygen atoms in total. The van der Waals surface area contributed by atoms with E-state index in [1.165, 1.54) is 19.3 Å². The summed E-state index contributed by atoms with van der Waals surface area (Å²) in [7, 11) is 3.52. The first-order valence-electron chi connectivity index (χ1n) is 7.46. The standard InChI is InChI=1S/C15H26N4O.HI/c1-4-8-16-15(17-10-14(20)18(2)3)19-9-7-13(11-19)12-5-6-12;/h4,12-13H,1,5-11H2,2-3H3,(H,16,17);1H. The molecule has 6 heteroatoms. The Morgan fingerprint density at radius 3 is 2.67 bits per heavy atom. The summed E-state index contributed by atoms with van der Waals surface area (Å²) in [6, 6.07) is 0. The van der Waals surface area contributed by atoms with Crippen molar-refractivity contribution in [1.82, 2.24) is 15.1 Å². The zero-order valence-electron chi connectivity index (χ0n) is 13.0. The van der Waals surface area contributed by atoms with Gasteiger partial charge in [0.15, 0.2) is 5.96 Å². The lowest BCUT2D eigenvalue weighted by atomic mass is 10.0. The minimum absolute atomic E-state index is 0. The second-order valence-corrected chi connectivity index (χ2v) is 5.93. The number of rotatable bonds is 5. The third-order valence-electron chi connectivity index (χ3n) is 4.08. The average molecular weight is 406 g/mol. The van der Waals surface area contributed by atoms with Gasteiger partial charge in [0.2, 0.25) is 5.91 Å². The van der Waals surface area contributed by atoms with Gasteiger partial charge in [0, 0.05) is 33.7 Å². The van der Waals surface area contributed by atoms with Crippen LogP contribution in [0, 0.1) is 11.8 Å². The molecule has 0 aromatic heterocycles. The predicted molar refractivity (Wildman–Crippen MR) is 97.0 cm³/mol. The van der Waals surface area contributed by atoms with Gasteiger partial charge in [-0.15, -0.1) is 30.6 Å². The zero-order chi connectivity index (χ0) is 14.5. The molecule has 0 aromatic rings. The molecule has 120 valence electrons. The number of guanidine groups is 1. The summed E-state index contributed by atoms with van der Waals surface area (Å²) in [4.78, 5) is 20.0. The van der Waals surface area contributed by atoms with Crippen LogP contribution in [-0.2, 0) is 4.79 Å². The molecule has 1 aliphatic heterocycles. The number of likely N-dealkylation sites (N-methyl/N-ethyl adjacent to an activating group) is 1. The SMILES string of the molecule is C=CCNC(=NCC(=O)N(C)C)N1CCC(C2CC2)C1.I. The van der Waals surface area contributed by atoms with Crippen LogP contribution in [0.25, 0.3) is 0 Å². The zero-order valence-corrected chi connectivity index (χ0v) is 15.4. The molecule has 2 rings (SSSR count). The van der Waals surface area contributed by atoms with Gasteiger partial charge < -0.3 is 15.1 Å². The molecule has 2 fully saturated rings. The van der Waals surface area contributed by atoms with Crippen molar-refractivity contribution in [2.75, 3.05) is 40.3 Å².